The minimum Gasteiger partial charge on any atom is -0.330 e. The van der Waals surface area contributed by atoms with Crippen molar-refractivity contribution in [2.45, 2.75) is 24.4 Å². The summed E-state index contributed by atoms with van der Waals surface area (Å²) < 4.78 is 36.9. The minimum atomic E-state index is -4.25. The minimum absolute atomic E-state index is 0.0376. The van der Waals surface area contributed by atoms with E-state index in [4.69, 9.17) is 5.73 Å². The highest BCUT2D eigenvalue weighted by molar-refractivity contribution is 5.34. The molecule has 1 aliphatic rings. The van der Waals surface area contributed by atoms with Crippen molar-refractivity contribution < 1.29 is 13.2 Å². The van der Waals surface area contributed by atoms with Crippen molar-refractivity contribution in [1.29, 1.82) is 0 Å². The molecule has 0 atom stereocenters. The van der Waals surface area contributed by atoms with E-state index in [9.17, 15) is 13.2 Å². The predicted octanol–water partition coefficient (Wildman–Crippen LogP) is 2.70. The smallest absolute Gasteiger partial charge is 0.330 e. The predicted molar refractivity (Wildman–Crippen MR) is 51.4 cm³/mol. The normalized spacial score (nSPS) is 18.9. The van der Waals surface area contributed by atoms with Crippen LogP contribution in [-0.2, 0) is 11.6 Å². The highest BCUT2D eigenvalue weighted by Crippen LogP contribution is 2.47. The Morgan fingerprint density at radius 2 is 1.67 bits per heavy atom. The molecule has 0 aliphatic heterocycles. The molecule has 1 aromatic rings. The van der Waals surface area contributed by atoms with Gasteiger partial charge in [0.05, 0.1) is 5.56 Å². The Balaban J connectivity index is 2.25. The molecule has 2 N–H and O–H groups in total. The molecule has 82 valence electrons. The van der Waals surface area contributed by atoms with E-state index >= 15 is 0 Å². The number of rotatable bonds is 2. The summed E-state index contributed by atoms with van der Waals surface area (Å²) in [5.41, 5.74) is 5.90. The second-order valence-electron chi connectivity index (χ2n) is 4.06. The number of benzene rings is 1. The molecule has 4 heteroatoms. The van der Waals surface area contributed by atoms with Crippen LogP contribution in [0.25, 0.3) is 0 Å². The maximum absolute atomic E-state index is 12.3. The summed E-state index contributed by atoms with van der Waals surface area (Å²) in [6, 6.07) is 5.35. The van der Waals surface area contributed by atoms with Crippen LogP contribution in [-0.4, -0.2) is 6.54 Å². The molecule has 0 spiro atoms. The first-order valence-corrected chi connectivity index (χ1v) is 4.86. The molecular formula is C11H12F3N. The van der Waals surface area contributed by atoms with Crippen molar-refractivity contribution in [2.75, 3.05) is 6.54 Å². The van der Waals surface area contributed by atoms with Crippen LogP contribution in [0.1, 0.15) is 24.0 Å². The van der Waals surface area contributed by atoms with Crippen LogP contribution in [0.5, 0.6) is 0 Å². The zero-order chi connectivity index (χ0) is 11.1. The fourth-order valence-corrected chi connectivity index (χ4v) is 1.77. The molecule has 2 rings (SSSR count). The molecule has 1 fully saturated rings. The summed E-state index contributed by atoms with van der Waals surface area (Å²) in [5, 5.41) is 0. The number of nitrogens with two attached hydrogens (primary N) is 1. The summed E-state index contributed by atoms with van der Waals surface area (Å²) in [6.45, 7) is 0.512. The van der Waals surface area contributed by atoms with E-state index in [0.717, 1.165) is 30.5 Å². The lowest BCUT2D eigenvalue weighted by atomic mass is 9.95. The molecule has 0 bridgehead atoms. The van der Waals surface area contributed by atoms with Gasteiger partial charge in [-0.15, -0.1) is 0 Å². The van der Waals surface area contributed by atoms with E-state index in [2.05, 4.69) is 0 Å². The Hall–Kier alpha value is -1.03. The molecule has 1 aliphatic carbocycles. The SMILES string of the molecule is NCC1(c2ccc(C(F)(F)F)cc2)CC1. The highest BCUT2D eigenvalue weighted by atomic mass is 19.4. The van der Waals surface area contributed by atoms with Crippen LogP contribution in [0.3, 0.4) is 0 Å². The van der Waals surface area contributed by atoms with Crippen LogP contribution >= 0.6 is 0 Å². The van der Waals surface area contributed by atoms with Crippen LogP contribution in [0.15, 0.2) is 24.3 Å². The Morgan fingerprint density at radius 3 is 2.00 bits per heavy atom. The maximum atomic E-state index is 12.3. The van der Waals surface area contributed by atoms with Crippen LogP contribution < -0.4 is 5.73 Å². The van der Waals surface area contributed by atoms with Gasteiger partial charge in [-0.2, -0.15) is 13.2 Å². The summed E-state index contributed by atoms with van der Waals surface area (Å²) >= 11 is 0. The maximum Gasteiger partial charge on any atom is 0.416 e. The van der Waals surface area contributed by atoms with Gasteiger partial charge >= 0.3 is 6.18 Å². The van der Waals surface area contributed by atoms with Crippen LogP contribution in [0, 0.1) is 0 Å². The molecule has 0 saturated heterocycles. The van der Waals surface area contributed by atoms with Gasteiger partial charge in [-0.05, 0) is 30.5 Å². The standard InChI is InChI=1S/C11H12F3N/c12-11(13,14)9-3-1-8(2-4-9)10(7-15)5-6-10/h1-4H,5-7,15H2. The molecule has 0 aromatic heterocycles. The van der Waals surface area contributed by atoms with Gasteiger partial charge in [-0.25, -0.2) is 0 Å². The van der Waals surface area contributed by atoms with Gasteiger partial charge in [0, 0.05) is 12.0 Å². The molecule has 1 aromatic carbocycles. The van der Waals surface area contributed by atoms with E-state index in [1.54, 1.807) is 12.1 Å². The van der Waals surface area contributed by atoms with Gasteiger partial charge in [-0.1, -0.05) is 12.1 Å². The van der Waals surface area contributed by atoms with Crippen molar-refractivity contribution in [3.05, 3.63) is 35.4 Å². The lowest BCUT2D eigenvalue weighted by Crippen LogP contribution is -2.19. The fraction of sp³-hybridized carbons (Fsp3) is 0.455. The largest absolute Gasteiger partial charge is 0.416 e. The molecule has 0 radical (unpaired) electrons. The zero-order valence-corrected chi connectivity index (χ0v) is 8.14. The van der Waals surface area contributed by atoms with Crippen molar-refractivity contribution in [3.63, 3.8) is 0 Å². The van der Waals surface area contributed by atoms with Crippen LogP contribution in [0.4, 0.5) is 13.2 Å². The molecule has 0 amide bonds. The van der Waals surface area contributed by atoms with E-state index in [-0.39, 0.29) is 5.41 Å². The first-order valence-electron chi connectivity index (χ1n) is 4.86. The highest BCUT2D eigenvalue weighted by Gasteiger charge is 2.43. The van der Waals surface area contributed by atoms with Gasteiger partial charge in [0.1, 0.15) is 0 Å². The quantitative estimate of drug-likeness (QED) is 0.806. The van der Waals surface area contributed by atoms with Gasteiger partial charge in [0.25, 0.3) is 0 Å². The van der Waals surface area contributed by atoms with Gasteiger partial charge in [-0.3, -0.25) is 0 Å². The summed E-state index contributed by atoms with van der Waals surface area (Å²) in [7, 11) is 0. The molecule has 1 nitrogen and oxygen atoms in total. The zero-order valence-electron chi connectivity index (χ0n) is 8.14. The summed E-state index contributed by atoms with van der Waals surface area (Å²) in [4.78, 5) is 0. The number of hydrogen-bond donors (Lipinski definition) is 1. The Bertz CT molecular complexity index is 349. The average molecular weight is 215 g/mol. The number of hydrogen-bond acceptors (Lipinski definition) is 1. The monoisotopic (exact) mass is 215 g/mol. The molecule has 0 unspecified atom stereocenters. The number of halogens is 3. The average Bonchev–Trinajstić information content (AvgIpc) is 2.97. The van der Waals surface area contributed by atoms with E-state index in [1.165, 1.54) is 0 Å². The second-order valence-corrected chi connectivity index (χ2v) is 4.06. The lowest BCUT2D eigenvalue weighted by Gasteiger charge is -2.14. The summed E-state index contributed by atoms with van der Waals surface area (Å²) in [5.74, 6) is 0. The summed E-state index contributed by atoms with van der Waals surface area (Å²) in [6.07, 6.45) is -2.29. The van der Waals surface area contributed by atoms with Gasteiger partial charge in [0.2, 0.25) is 0 Å². The molecular weight excluding hydrogens is 203 g/mol. The fourth-order valence-electron chi connectivity index (χ4n) is 1.77. The van der Waals surface area contributed by atoms with Crippen molar-refractivity contribution >= 4 is 0 Å². The van der Waals surface area contributed by atoms with E-state index in [1.807, 2.05) is 0 Å². The van der Waals surface area contributed by atoms with E-state index in [0.29, 0.717) is 6.54 Å². The topological polar surface area (TPSA) is 26.0 Å². The van der Waals surface area contributed by atoms with E-state index < -0.39 is 11.7 Å². The van der Waals surface area contributed by atoms with Gasteiger partial charge in [0.15, 0.2) is 0 Å². The Morgan fingerprint density at radius 1 is 1.13 bits per heavy atom. The second kappa shape index (κ2) is 3.23. The molecule has 1 saturated carbocycles. The number of alkyl halides is 3. The van der Waals surface area contributed by atoms with Crippen molar-refractivity contribution in [3.8, 4) is 0 Å². The Labute approximate surface area is 86.1 Å². The first-order chi connectivity index (χ1) is 6.98. The van der Waals surface area contributed by atoms with Crippen LogP contribution in [0.2, 0.25) is 0 Å². The first kappa shape index (κ1) is 10.5. The third-order valence-corrected chi connectivity index (χ3v) is 3.07. The third kappa shape index (κ3) is 1.86. The van der Waals surface area contributed by atoms with Crippen molar-refractivity contribution in [2.24, 2.45) is 5.73 Å². The van der Waals surface area contributed by atoms with Crippen molar-refractivity contribution in [1.82, 2.24) is 0 Å². The molecule has 0 heterocycles. The Kier molecular flexibility index (Phi) is 2.26. The lowest BCUT2D eigenvalue weighted by molar-refractivity contribution is -0.137. The molecule has 15 heavy (non-hydrogen) atoms. The third-order valence-electron chi connectivity index (χ3n) is 3.07. The van der Waals surface area contributed by atoms with Gasteiger partial charge < -0.3 is 5.73 Å².